The molecule has 8 heteroatoms. The minimum absolute atomic E-state index is 0.0931. The zero-order valence-corrected chi connectivity index (χ0v) is 16.9. The van der Waals surface area contributed by atoms with Crippen LogP contribution in [0.15, 0.2) is 29.8 Å². The van der Waals surface area contributed by atoms with E-state index < -0.39 is 12.4 Å². The van der Waals surface area contributed by atoms with E-state index in [1.807, 2.05) is 0 Å². The number of allylic oxidation sites excluding steroid dienone is 1. The molecule has 1 aliphatic rings. The summed E-state index contributed by atoms with van der Waals surface area (Å²) in [7, 11) is 0. The summed E-state index contributed by atoms with van der Waals surface area (Å²) in [6, 6.07) is 3.32. The molecule has 0 aromatic carbocycles. The molecule has 0 saturated carbocycles. The van der Waals surface area contributed by atoms with Gasteiger partial charge in [-0.05, 0) is 58.1 Å². The van der Waals surface area contributed by atoms with Crippen LogP contribution in [0.5, 0.6) is 0 Å². The number of ether oxygens (including phenoxy) is 3. The molecular weight excluding hydrogens is 362 g/mol. The maximum Gasteiger partial charge on any atom is 0.358 e. The van der Waals surface area contributed by atoms with E-state index in [1.54, 1.807) is 25.3 Å². The highest BCUT2D eigenvalue weighted by Gasteiger charge is 2.23. The minimum atomic E-state index is -1.33. The fourth-order valence-corrected chi connectivity index (χ4v) is 2.84. The van der Waals surface area contributed by atoms with Crippen LogP contribution in [0, 0.1) is 0 Å². The molecule has 8 nitrogen and oxygen atoms in total. The van der Waals surface area contributed by atoms with E-state index in [0.717, 1.165) is 44.7 Å². The fourth-order valence-electron chi connectivity index (χ4n) is 2.84. The molecule has 1 aromatic rings. The molecule has 2 rings (SSSR count). The van der Waals surface area contributed by atoms with Gasteiger partial charge in [-0.15, -0.1) is 0 Å². The van der Waals surface area contributed by atoms with Crippen LogP contribution < -0.4 is 5.32 Å². The van der Waals surface area contributed by atoms with Gasteiger partial charge in [-0.3, -0.25) is 4.98 Å². The Kier molecular flexibility index (Phi) is 9.19. The monoisotopic (exact) mass is 393 g/mol. The number of pyridine rings is 1. The largest absolute Gasteiger partial charge is 0.454 e. The van der Waals surface area contributed by atoms with Gasteiger partial charge >= 0.3 is 12.4 Å². The van der Waals surface area contributed by atoms with Gasteiger partial charge in [0.15, 0.2) is 12.4 Å². The van der Waals surface area contributed by atoms with Crippen molar-refractivity contribution >= 4 is 5.97 Å². The number of nitrogens with zero attached hydrogens (tertiary/aromatic N) is 2. The maximum atomic E-state index is 12.2. The van der Waals surface area contributed by atoms with Crippen LogP contribution in [0.1, 0.15) is 49.7 Å². The van der Waals surface area contributed by atoms with Crippen LogP contribution in [0.4, 0.5) is 0 Å². The number of unbranched alkanes of at least 4 members (excludes halogenated alkanes) is 1. The Balaban J connectivity index is 1.71. The fraction of sp³-hybridized carbons (Fsp3) is 0.600. The molecule has 1 aromatic heterocycles. The molecule has 2 heterocycles. The van der Waals surface area contributed by atoms with Crippen LogP contribution >= 0.6 is 0 Å². The van der Waals surface area contributed by atoms with E-state index in [1.165, 1.54) is 0 Å². The van der Waals surface area contributed by atoms with Crippen molar-refractivity contribution in [1.29, 1.82) is 0 Å². The van der Waals surface area contributed by atoms with Gasteiger partial charge in [-0.25, -0.2) is 4.79 Å². The first-order valence-electron chi connectivity index (χ1n) is 9.79. The van der Waals surface area contributed by atoms with Gasteiger partial charge in [-0.1, -0.05) is 13.8 Å². The molecule has 0 fully saturated rings. The summed E-state index contributed by atoms with van der Waals surface area (Å²) in [6.07, 6.45) is 3.85. The summed E-state index contributed by atoms with van der Waals surface area (Å²) in [6.45, 7) is 9.38. The van der Waals surface area contributed by atoms with Gasteiger partial charge < -0.3 is 29.5 Å². The molecule has 28 heavy (non-hydrogen) atoms. The Bertz CT molecular complexity index is 661. The van der Waals surface area contributed by atoms with Crippen molar-refractivity contribution in [2.45, 2.75) is 46.6 Å². The first-order valence-corrected chi connectivity index (χ1v) is 9.79. The molecule has 1 atom stereocenters. The summed E-state index contributed by atoms with van der Waals surface area (Å²) in [5.74, 6) is 0.232. The second-order valence-electron chi connectivity index (χ2n) is 6.54. The first-order chi connectivity index (χ1) is 13.5. The third-order valence-electron chi connectivity index (χ3n) is 4.58. The number of hydrogen-bond donors (Lipinski definition) is 2. The van der Waals surface area contributed by atoms with E-state index in [0.29, 0.717) is 23.6 Å². The van der Waals surface area contributed by atoms with E-state index in [4.69, 9.17) is 14.2 Å². The Morgan fingerprint density at radius 1 is 1.32 bits per heavy atom. The molecule has 156 valence electrons. The summed E-state index contributed by atoms with van der Waals surface area (Å²) < 4.78 is 15.2. The van der Waals surface area contributed by atoms with Crippen LogP contribution in [-0.2, 0) is 20.8 Å². The minimum Gasteiger partial charge on any atom is -0.454 e. The standard InChI is InChI=1S/C20H31N3O5/c1-4-23(5-2)11-7-6-9-21-13-17-12-16(8-10-22-17)19(24)26-14-18-15(3)27-20(25)28-18/h8,10,12,20-21,25H,4-7,9,11,13-14H2,1-3H3. The predicted octanol–water partition coefficient (Wildman–Crippen LogP) is 2.00. The molecule has 0 saturated heterocycles. The van der Waals surface area contributed by atoms with Gasteiger partial charge in [0.1, 0.15) is 5.76 Å². The molecule has 0 radical (unpaired) electrons. The van der Waals surface area contributed by atoms with Crippen molar-refractivity contribution in [3.8, 4) is 0 Å². The van der Waals surface area contributed by atoms with Gasteiger partial charge in [0, 0.05) is 12.7 Å². The molecule has 0 aliphatic carbocycles. The van der Waals surface area contributed by atoms with Crippen LogP contribution in [0.2, 0.25) is 0 Å². The number of nitrogens with one attached hydrogen (secondary N) is 1. The molecule has 1 aliphatic heterocycles. The summed E-state index contributed by atoms with van der Waals surface area (Å²) >= 11 is 0. The van der Waals surface area contributed by atoms with E-state index >= 15 is 0 Å². The van der Waals surface area contributed by atoms with Crippen molar-refractivity contribution in [3.05, 3.63) is 41.1 Å². The lowest BCUT2D eigenvalue weighted by atomic mass is 10.2. The number of carbonyl (C=O) groups excluding carboxylic acids is 1. The van der Waals surface area contributed by atoms with Gasteiger partial charge in [0.25, 0.3) is 0 Å². The SMILES string of the molecule is CCN(CC)CCCCNCc1cc(C(=O)OCC2=C(C)OC(O)O2)ccn1. The normalized spacial score (nSPS) is 16.2. The highest BCUT2D eigenvalue weighted by Crippen LogP contribution is 2.20. The molecule has 0 spiro atoms. The molecule has 0 amide bonds. The van der Waals surface area contributed by atoms with Crippen molar-refractivity contribution in [3.63, 3.8) is 0 Å². The lowest BCUT2D eigenvalue weighted by Gasteiger charge is -2.17. The summed E-state index contributed by atoms with van der Waals surface area (Å²) in [5.41, 5.74) is 1.20. The van der Waals surface area contributed by atoms with Gasteiger partial charge in [0.05, 0.1) is 11.3 Å². The lowest BCUT2D eigenvalue weighted by Crippen LogP contribution is -2.25. The first kappa shape index (κ1) is 22.1. The summed E-state index contributed by atoms with van der Waals surface area (Å²) in [5, 5.41) is 12.6. The lowest BCUT2D eigenvalue weighted by molar-refractivity contribution is -0.194. The van der Waals surface area contributed by atoms with Gasteiger partial charge in [0.2, 0.25) is 0 Å². The number of hydrogen-bond acceptors (Lipinski definition) is 8. The summed E-state index contributed by atoms with van der Waals surface area (Å²) in [4.78, 5) is 18.9. The Morgan fingerprint density at radius 3 is 2.79 bits per heavy atom. The Hall–Kier alpha value is -2.16. The van der Waals surface area contributed by atoms with Crippen LogP contribution in [0.3, 0.4) is 0 Å². The average molecular weight is 393 g/mol. The average Bonchev–Trinajstić information content (AvgIpc) is 3.03. The smallest absolute Gasteiger partial charge is 0.358 e. The van der Waals surface area contributed by atoms with Crippen LogP contribution in [-0.4, -0.2) is 60.2 Å². The number of aliphatic hydroxyl groups excluding tert-OH is 1. The quantitative estimate of drug-likeness (QED) is 0.411. The maximum absolute atomic E-state index is 12.2. The van der Waals surface area contributed by atoms with Crippen molar-refractivity contribution in [1.82, 2.24) is 15.2 Å². The Morgan fingerprint density at radius 2 is 2.11 bits per heavy atom. The van der Waals surface area contributed by atoms with Crippen molar-refractivity contribution in [2.24, 2.45) is 0 Å². The molecule has 2 N–H and O–H groups in total. The zero-order valence-electron chi connectivity index (χ0n) is 16.9. The number of aliphatic hydroxyl groups is 1. The van der Waals surface area contributed by atoms with Gasteiger partial charge in [-0.2, -0.15) is 0 Å². The third kappa shape index (κ3) is 7.10. The Labute approximate surface area is 166 Å². The topological polar surface area (TPSA) is 93.2 Å². The highest BCUT2D eigenvalue weighted by atomic mass is 16.8. The van der Waals surface area contributed by atoms with Crippen molar-refractivity contribution in [2.75, 3.05) is 32.8 Å². The van der Waals surface area contributed by atoms with E-state index in [9.17, 15) is 9.90 Å². The van der Waals surface area contributed by atoms with Crippen molar-refractivity contribution < 1.29 is 24.1 Å². The molecule has 1 unspecified atom stereocenters. The zero-order chi connectivity index (χ0) is 20.4. The number of rotatable bonds is 12. The van der Waals surface area contributed by atoms with Crippen LogP contribution in [0.25, 0.3) is 0 Å². The highest BCUT2D eigenvalue weighted by molar-refractivity contribution is 5.89. The number of carbonyl (C=O) groups is 1. The number of aromatic nitrogens is 1. The van der Waals surface area contributed by atoms with E-state index in [-0.39, 0.29) is 6.61 Å². The second-order valence-corrected chi connectivity index (χ2v) is 6.54. The number of esters is 1. The van der Waals surface area contributed by atoms with E-state index in [2.05, 4.69) is 29.0 Å². The second kappa shape index (κ2) is 11.6. The predicted molar refractivity (Wildman–Crippen MR) is 104 cm³/mol. The molecule has 0 bridgehead atoms. The third-order valence-corrected chi connectivity index (χ3v) is 4.58. The molecular formula is C20H31N3O5.